The lowest BCUT2D eigenvalue weighted by atomic mass is 10.3. The number of rotatable bonds is 6. The van der Waals surface area contributed by atoms with Crippen molar-refractivity contribution >= 4 is 27.3 Å². The molecule has 0 aliphatic carbocycles. The van der Waals surface area contributed by atoms with Crippen LogP contribution in [0.15, 0.2) is 35.7 Å². The SMILES string of the molecule is C=CCCCN(C)S(=O)(=O)c1cc(N)ccc1Cl. The van der Waals surface area contributed by atoms with Gasteiger partial charge in [-0.2, -0.15) is 0 Å². The van der Waals surface area contributed by atoms with E-state index in [0.717, 1.165) is 12.8 Å². The number of nitrogens with zero attached hydrogens (tertiary/aromatic N) is 1. The molecule has 0 spiro atoms. The fourth-order valence-electron chi connectivity index (χ4n) is 1.46. The monoisotopic (exact) mass is 288 g/mol. The van der Waals surface area contributed by atoms with Crippen molar-refractivity contribution in [3.8, 4) is 0 Å². The Morgan fingerprint density at radius 2 is 2.17 bits per heavy atom. The zero-order chi connectivity index (χ0) is 13.8. The van der Waals surface area contributed by atoms with Gasteiger partial charge in [0.1, 0.15) is 4.90 Å². The fraction of sp³-hybridized carbons (Fsp3) is 0.333. The predicted octanol–water partition coefficient (Wildman–Crippen LogP) is 2.51. The summed E-state index contributed by atoms with van der Waals surface area (Å²) in [6.45, 7) is 4.01. The molecule has 0 aliphatic heterocycles. The second-order valence-electron chi connectivity index (χ2n) is 3.95. The van der Waals surface area contributed by atoms with Crippen molar-refractivity contribution in [3.05, 3.63) is 35.9 Å². The maximum Gasteiger partial charge on any atom is 0.244 e. The van der Waals surface area contributed by atoms with Gasteiger partial charge in [-0.25, -0.2) is 12.7 Å². The van der Waals surface area contributed by atoms with Crippen LogP contribution < -0.4 is 5.73 Å². The lowest BCUT2D eigenvalue weighted by molar-refractivity contribution is 0.463. The summed E-state index contributed by atoms with van der Waals surface area (Å²) >= 11 is 5.91. The molecule has 6 heteroatoms. The third kappa shape index (κ3) is 3.48. The number of hydrogen-bond donors (Lipinski definition) is 1. The van der Waals surface area contributed by atoms with E-state index in [4.69, 9.17) is 17.3 Å². The lowest BCUT2D eigenvalue weighted by Gasteiger charge is -2.17. The van der Waals surface area contributed by atoms with Crippen molar-refractivity contribution in [2.24, 2.45) is 0 Å². The van der Waals surface area contributed by atoms with Crippen LogP contribution in [-0.4, -0.2) is 26.3 Å². The molecule has 0 aliphatic rings. The van der Waals surface area contributed by atoms with E-state index >= 15 is 0 Å². The molecule has 0 amide bonds. The minimum atomic E-state index is -3.59. The van der Waals surface area contributed by atoms with E-state index in [0.29, 0.717) is 12.2 Å². The number of nitrogen functional groups attached to an aromatic ring is 1. The van der Waals surface area contributed by atoms with E-state index < -0.39 is 10.0 Å². The Bertz CT molecular complexity index is 529. The summed E-state index contributed by atoms with van der Waals surface area (Å²) < 4.78 is 25.8. The van der Waals surface area contributed by atoms with E-state index in [9.17, 15) is 8.42 Å². The Hall–Kier alpha value is -1.04. The summed E-state index contributed by atoms with van der Waals surface area (Å²) in [7, 11) is -2.06. The maximum absolute atomic E-state index is 12.3. The van der Waals surface area contributed by atoms with Crippen molar-refractivity contribution in [2.45, 2.75) is 17.7 Å². The molecule has 100 valence electrons. The zero-order valence-corrected chi connectivity index (χ0v) is 11.8. The Balaban J connectivity index is 2.98. The summed E-state index contributed by atoms with van der Waals surface area (Å²) in [5.74, 6) is 0. The van der Waals surface area contributed by atoms with Crippen LogP contribution in [0.5, 0.6) is 0 Å². The molecule has 1 aromatic rings. The highest BCUT2D eigenvalue weighted by atomic mass is 35.5. The van der Waals surface area contributed by atoms with Crippen LogP contribution in [0, 0.1) is 0 Å². The fourth-order valence-corrected chi connectivity index (χ4v) is 3.18. The first-order valence-electron chi connectivity index (χ1n) is 5.52. The summed E-state index contributed by atoms with van der Waals surface area (Å²) in [6, 6.07) is 4.43. The molecule has 1 rings (SSSR count). The molecule has 0 saturated heterocycles. The first-order chi connectivity index (χ1) is 8.39. The van der Waals surface area contributed by atoms with Crippen LogP contribution >= 0.6 is 11.6 Å². The largest absolute Gasteiger partial charge is 0.399 e. The van der Waals surface area contributed by atoms with Crippen LogP contribution in [0.25, 0.3) is 0 Å². The van der Waals surface area contributed by atoms with E-state index in [1.807, 2.05) is 0 Å². The average molecular weight is 289 g/mol. The summed E-state index contributed by atoms with van der Waals surface area (Å²) in [5, 5.41) is 0.180. The molecule has 0 saturated carbocycles. The highest BCUT2D eigenvalue weighted by Crippen LogP contribution is 2.26. The predicted molar refractivity (Wildman–Crippen MR) is 75.1 cm³/mol. The van der Waals surface area contributed by atoms with Gasteiger partial charge in [0.05, 0.1) is 5.02 Å². The minimum Gasteiger partial charge on any atom is -0.399 e. The van der Waals surface area contributed by atoms with Gasteiger partial charge in [-0.15, -0.1) is 6.58 Å². The molecule has 0 heterocycles. The van der Waals surface area contributed by atoms with E-state index in [1.54, 1.807) is 12.1 Å². The van der Waals surface area contributed by atoms with Gasteiger partial charge >= 0.3 is 0 Å². The smallest absolute Gasteiger partial charge is 0.244 e. The van der Waals surface area contributed by atoms with E-state index in [1.165, 1.54) is 23.5 Å². The Labute approximate surface area is 113 Å². The molecule has 4 nitrogen and oxygen atoms in total. The molecule has 0 fully saturated rings. The summed E-state index contributed by atoms with van der Waals surface area (Å²) in [4.78, 5) is 0.0465. The van der Waals surface area contributed by atoms with Gasteiger partial charge in [0, 0.05) is 19.3 Å². The summed E-state index contributed by atoms with van der Waals surface area (Å²) in [6.07, 6.45) is 3.25. The van der Waals surface area contributed by atoms with Crippen molar-refractivity contribution < 1.29 is 8.42 Å². The number of benzene rings is 1. The molecule has 18 heavy (non-hydrogen) atoms. The second kappa shape index (κ2) is 6.22. The Morgan fingerprint density at radius 1 is 1.50 bits per heavy atom. The van der Waals surface area contributed by atoms with Crippen LogP contribution in [0.3, 0.4) is 0 Å². The molecule has 0 radical (unpaired) electrons. The Morgan fingerprint density at radius 3 is 2.78 bits per heavy atom. The molecule has 2 N–H and O–H groups in total. The number of hydrogen-bond acceptors (Lipinski definition) is 3. The molecule has 0 aromatic heterocycles. The average Bonchev–Trinajstić information content (AvgIpc) is 2.32. The first kappa shape index (κ1) is 15.0. The molecule has 0 atom stereocenters. The number of allylic oxidation sites excluding steroid dienone is 1. The van der Waals surface area contributed by atoms with Crippen LogP contribution in [0.2, 0.25) is 5.02 Å². The van der Waals surface area contributed by atoms with Gasteiger partial charge in [-0.05, 0) is 31.0 Å². The number of sulfonamides is 1. The van der Waals surface area contributed by atoms with Gasteiger partial charge < -0.3 is 5.73 Å². The van der Waals surface area contributed by atoms with Gasteiger partial charge in [-0.1, -0.05) is 17.7 Å². The van der Waals surface area contributed by atoms with Gasteiger partial charge in [0.2, 0.25) is 10.0 Å². The highest BCUT2D eigenvalue weighted by molar-refractivity contribution is 7.89. The van der Waals surface area contributed by atoms with Gasteiger partial charge in [0.25, 0.3) is 0 Å². The molecule has 0 bridgehead atoms. The van der Waals surface area contributed by atoms with E-state index in [-0.39, 0.29) is 9.92 Å². The van der Waals surface area contributed by atoms with Gasteiger partial charge in [0.15, 0.2) is 0 Å². The third-order valence-corrected chi connectivity index (χ3v) is 4.86. The quantitative estimate of drug-likeness (QED) is 0.497. The lowest BCUT2D eigenvalue weighted by Crippen LogP contribution is -2.28. The van der Waals surface area contributed by atoms with Crippen LogP contribution in [0.4, 0.5) is 5.69 Å². The van der Waals surface area contributed by atoms with Gasteiger partial charge in [-0.3, -0.25) is 0 Å². The maximum atomic E-state index is 12.3. The normalized spacial score (nSPS) is 11.7. The van der Waals surface area contributed by atoms with Crippen LogP contribution in [0.1, 0.15) is 12.8 Å². The number of halogens is 1. The summed E-state index contributed by atoms with van der Waals surface area (Å²) in [5.41, 5.74) is 5.96. The zero-order valence-electron chi connectivity index (χ0n) is 10.3. The van der Waals surface area contributed by atoms with E-state index in [2.05, 4.69) is 6.58 Å². The molecular formula is C12H17ClN2O2S. The third-order valence-electron chi connectivity index (χ3n) is 2.52. The van der Waals surface area contributed by atoms with Crippen molar-refractivity contribution in [2.75, 3.05) is 19.3 Å². The topological polar surface area (TPSA) is 63.4 Å². The standard InChI is InChI=1S/C12H17ClN2O2S/c1-3-4-5-8-15(2)18(16,17)12-9-10(14)6-7-11(12)13/h3,6-7,9H,1,4-5,8,14H2,2H3. The van der Waals surface area contributed by atoms with Crippen molar-refractivity contribution in [1.82, 2.24) is 4.31 Å². The second-order valence-corrected chi connectivity index (χ2v) is 6.37. The number of nitrogens with two attached hydrogens (primary N) is 1. The number of anilines is 1. The van der Waals surface area contributed by atoms with Crippen LogP contribution in [-0.2, 0) is 10.0 Å². The minimum absolute atomic E-state index is 0.0465. The molecular weight excluding hydrogens is 272 g/mol. The molecule has 1 aromatic carbocycles. The molecule has 0 unspecified atom stereocenters. The highest BCUT2D eigenvalue weighted by Gasteiger charge is 2.23. The number of unbranched alkanes of at least 4 members (excludes halogenated alkanes) is 1. The Kier molecular flexibility index (Phi) is 5.19. The first-order valence-corrected chi connectivity index (χ1v) is 7.33. The van der Waals surface area contributed by atoms with Crippen molar-refractivity contribution in [1.29, 1.82) is 0 Å². The van der Waals surface area contributed by atoms with Crippen molar-refractivity contribution in [3.63, 3.8) is 0 Å².